The first-order valence-electron chi connectivity index (χ1n) is 6.49. The summed E-state index contributed by atoms with van der Waals surface area (Å²) in [6.45, 7) is 6.50. The van der Waals surface area contributed by atoms with Gasteiger partial charge in [-0.15, -0.1) is 11.3 Å². The lowest BCUT2D eigenvalue weighted by Gasteiger charge is -2.32. The number of thiazole rings is 1. The summed E-state index contributed by atoms with van der Waals surface area (Å²) in [5.41, 5.74) is 4.23. The van der Waals surface area contributed by atoms with E-state index in [1.165, 1.54) is 5.56 Å². The molecular formula is C13H18N4OS. The monoisotopic (exact) mass is 278 g/mol. The van der Waals surface area contributed by atoms with E-state index in [-0.39, 0.29) is 6.10 Å². The second kappa shape index (κ2) is 5.81. The maximum atomic E-state index is 5.82. The Morgan fingerprint density at radius 3 is 3.21 bits per heavy atom. The molecule has 0 aliphatic carbocycles. The molecule has 0 unspecified atom stereocenters. The molecule has 102 valence electrons. The molecule has 0 aromatic carbocycles. The molecule has 3 rings (SSSR count). The molecule has 1 aliphatic rings. The Morgan fingerprint density at radius 1 is 1.53 bits per heavy atom. The SMILES string of the molecule is Cc1cnn(C[C@H]2CN(Cc3cscn3)CCO2)c1. The molecule has 1 saturated heterocycles. The first kappa shape index (κ1) is 12.8. The number of nitrogens with zero attached hydrogens (tertiary/aromatic N) is 4. The number of aromatic nitrogens is 3. The van der Waals surface area contributed by atoms with Crippen LogP contribution in [0.4, 0.5) is 0 Å². The Hall–Kier alpha value is -1.24. The van der Waals surface area contributed by atoms with Crippen LogP contribution in [-0.4, -0.2) is 45.5 Å². The summed E-state index contributed by atoms with van der Waals surface area (Å²) < 4.78 is 7.78. The van der Waals surface area contributed by atoms with Crippen molar-refractivity contribution in [1.29, 1.82) is 0 Å². The zero-order valence-electron chi connectivity index (χ0n) is 11.0. The molecule has 0 N–H and O–H groups in total. The topological polar surface area (TPSA) is 43.2 Å². The highest BCUT2D eigenvalue weighted by Crippen LogP contribution is 2.12. The van der Waals surface area contributed by atoms with Crippen molar-refractivity contribution in [2.24, 2.45) is 0 Å². The van der Waals surface area contributed by atoms with Crippen molar-refractivity contribution in [2.45, 2.75) is 26.1 Å². The van der Waals surface area contributed by atoms with Gasteiger partial charge in [-0.25, -0.2) is 4.98 Å². The highest BCUT2D eigenvalue weighted by molar-refractivity contribution is 7.07. The summed E-state index contributed by atoms with van der Waals surface area (Å²) in [6, 6.07) is 0. The van der Waals surface area contributed by atoms with E-state index in [2.05, 4.69) is 33.5 Å². The molecular weight excluding hydrogens is 260 g/mol. The van der Waals surface area contributed by atoms with E-state index in [1.54, 1.807) is 11.3 Å². The second-order valence-electron chi connectivity index (χ2n) is 4.95. The molecule has 1 aliphatic heterocycles. The van der Waals surface area contributed by atoms with Crippen molar-refractivity contribution >= 4 is 11.3 Å². The van der Waals surface area contributed by atoms with E-state index in [1.807, 2.05) is 16.4 Å². The van der Waals surface area contributed by atoms with Crippen molar-refractivity contribution in [2.75, 3.05) is 19.7 Å². The van der Waals surface area contributed by atoms with E-state index in [0.29, 0.717) is 0 Å². The highest BCUT2D eigenvalue weighted by atomic mass is 32.1. The lowest BCUT2D eigenvalue weighted by atomic mass is 10.2. The maximum Gasteiger partial charge on any atom is 0.0898 e. The fraction of sp³-hybridized carbons (Fsp3) is 0.538. The van der Waals surface area contributed by atoms with Crippen LogP contribution in [0.3, 0.4) is 0 Å². The summed E-state index contributed by atoms with van der Waals surface area (Å²) in [4.78, 5) is 6.74. The molecule has 2 aromatic rings. The van der Waals surface area contributed by atoms with Gasteiger partial charge in [0, 0.05) is 31.2 Å². The van der Waals surface area contributed by atoms with Crippen LogP contribution in [0.1, 0.15) is 11.3 Å². The Morgan fingerprint density at radius 2 is 2.47 bits per heavy atom. The number of morpholine rings is 1. The third kappa shape index (κ3) is 3.40. The second-order valence-corrected chi connectivity index (χ2v) is 5.67. The average Bonchev–Trinajstić information content (AvgIpc) is 3.02. The van der Waals surface area contributed by atoms with Crippen molar-refractivity contribution in [3.63, 3.8) is 0 Å². The molecule has 1 fully saturated rings. The summed E-state index contributed by atoms with van der Waals surface area (Å²) in [5.74, 6) is 0. The minimum Gasteiger partial charge on any atom is -0.374 e. The molecule has 2 aromatic heterocycles. The quantitative estimate of drug-likeness (QED) is 0.851. The summed E-state index contributed by atoms with van der Waals surface area (Å²) in [7, 11) is 0. The molecule has 0 bridgehead atoms. The molecule has 3 heterocycles. The number of aryl methyl sites for hydroxylation is 1. The molecule has 0 spiro atoms. The zero-order valence-corrected chi connectivity index (χ0v) is 11.8. The lowest BCUT2D eigenvalue weighted by Crippen LogP contribution is -2.43. The fourth-order valence-electron chi connectivity index (χ4n) is 2.35. The molecule has 5 nitrogen and oxygen atoms in total. The van der Waals surface area contributed by atoms with Crippen LogP contribution in [0.15, 0.2) is 23.3 Å². The normalized spacial score (nSPS) is 20.8. The molecule has 0 radical (unpaired) electrons. The first-order chi connectivity index (χ1) is 9.29. The predicted octanol–water partition coefficient (Wildman–Crippen LogP) is 1.55. The van der Waals surface area contributed by atoms with E-state index in [4.69, 9.17) is 4.74 Å². The first-order valence-corrected chi connectivity index (χ1v) is 7.44. The maximum absolute atomic E-state index is 5.82. The van der Waals surface area contributed by atoms with Crippen molar-refractivity contribution in [3.8, 4) is 0 Å². The van der Waals surface area contributed by atoms with Crippen LogP contribution in [0, 0.1) is 6.92 Å². The molecule has 6 heteroatoms. The standard InChI is InChI=1S/C13H18N4OS/c1-11-4-15-17(5-11)8-13-7-16(2-3-18-13)6-12-9-19-10-14-12/h4-5,9-10,13H,2-3,6-8H2,1H3/t13-/m1/s1. The van der Waals surface area contributed by atoms with Crippen LogP contribution in [0.25, 0.3) is 0 Å². The lowest BCUT2D eigenvalue weighted by molar-refractivity contribution is -0.0405. The van der Waals surface area contributed by atoms with Gasteiger partial charge in [-0.2, -0.15) is 5.10 Å². The van der Waals surface area contributed by atoms with Gasteiger partial charge in [0.15, 0.2) is 0 Å². The number of rotatable bonds is 4. The molecule has 19 heavy (non-hydrogen) atoms. The van der Waals surface area contributed by atoms with Gasteiger partial charge in [0.05, 0.1) is 36.7 Å². The summed E-state index contributed by atoms with van der Waals surface area (Å²) in [6.07, 6.45) is 4.16. The van der Waals surface area contributed by atoms with Crippen LogP contribution in [0.2, 0.25) is 0 Å². The minimum absolute atomic E-state index is 0.215. The fourth-order valence-corrected chi connectivity index (χ4v) is 2.90. The van der Waals surface area contributed by atoms with Gasteiger partial charge in [-0.3, -0.25) is 9.58 Å². The Bertz CT molecular complexity index is 510. The van der Waals surface area contributed by atoms with E-state index >= 15 is 0 Å². The average molecular weight is 278 g/mol. The molecule has 1 atom stereocenters. The van der Waals surface area contributed by atoms with Crippen LogP contribution in [0.5, 0.6) is 0 Å². The molecule has 0 saturated carbocycles. The van der Waals surface area contributed by atoms with Gasteiger partial charge in [0.25, 0.3) is 0 Å². The van der Waals surface area contributed by atoms with E-state index in [0.717, 1.165) is 38.5 Å². The Balaban J connectivity index is 1.55. The van der Waals surface area contributed by atoms with E-state index in [9.17, 15) is 0 Å². The van der Waals surface area contributed by atoms with Gasteiger partial charge in [-0.1, -0.05) is 0 Å². The zero-order chi connectivity index (χ0) is 13.1. The minimum atomic E-state index is 0.215. The third-order valence-electron chi connectivity index (χ3n) is 3.25. The Labute approximate surface area is 116 Å². The van der Waals surface area contributed by atoms with Crippen molar-refractivity contribution in [1.82, 2.24) is 19.7 Å². The van der Waals surface area contributed by atoms with E-state index < -0.39 is 0 Å². The highest BCUT2D eigenvalue weighted by Gasteiger charge is 2.21. The molecule has 0 amide bonds. The Kier molecular flexibility index (Phi) is 3.91. The number of ether oxygens (including phenoxy) is 1. The van der Waals surface area contributed by atoms with Crippen LogP contribution < -0.4 is 0 Å². The van der Waals surface area contributed by atoms with Gasteiger partial charge in [0.1, 0.15) is 0 Å². The smallest absolute Gasteiger partial charge is 0.0898 e. The van der Waals surface area contributed by atoms with Crippen molar-refractivity contribution in [3.05, 3.63) is 34.5 Å². The largest absolute Gasteiger partial charge is 0.374 e. The third-order valence-corrected chi connectivity index (χ3v) is 3.88. The predicted molar refractivity (Wildman–Crippen MR) is 74.1 cm³/mol. The van der Waals surface area contributed by atoms with Crippen LogP contribution >= 0.6 is 11.3 Å². The summed E-state index contributed by atoms with van der Waals surface area (Å²) in [5, 5.41) is 6.43. The van der Waals surface area contributed by atoms with Crippen LogP contribution in [-0.2, 0) is 17.8 Å². The van der Waals surface area contributed by atoms with Gasteiger partial charge < -0.3 is 4.74 Å². The van der Waals surface area contributed by atoms with Gasteiger partial charge in [0.2, 0.25) is 0 Å². The van der Waals surface area contributed by atoms with Crippen molar-refractivity contribution < 1.29 is 4.74 Å². The number of hydrogen-bond donors (Lipinski definition) is 0. The van der Waals surface area contributed by atoms with Gasteiger partial charge >= 0.3 is 0 Å². The number of hydrogen-bond acceptors (Lipinski definition) is 5. The van der Waals surface area contributed by atoms with Gasteiger partial charge in [-0.05, 0) is 12.5 Å². The summed E-state index contributed by atoms with van der Waals surface area (Å²) >= 11 is 1.65.